The minimum atomic E-state index is -0.973. The zero-order valence-corrected chi connectivity index (χ0v) is 32.8. The van der Waals surface area contributed by atoms with E-state index in [0.717, 1.165) is 64.2 Å². The van der Waals surface area contributed by atoms with Crippen molar-refractivity contribution in [2.45, 2.75) is 109 Å². The van der Waals surface area contributed by atoms with Gasteiger partial charge in [0.25, 0.3) is 0 Å². The fourth-order valence-electron chi connectivity index (χ4n) is 7.66. The van der Waals surface area contributed by atoms with E-state index >= 15 is 0 Å². The molecule has 0 unspecified atom stereocenters. The van der Waals surface area contributed by atoms with Crippen LogP contribution in [0.3, 0.4) is 0 Å². The van der Waals surface area contributed by atoms with E-state index < -0.39 is 23.3 Å². The number of halogens is 4. The van der Waals surface area contributed by atoms with Crippen LogP contribution in [-0.2, 0) is 12.8 Å². The number of benzene rings is 4. The smallest absolute Gasteiger partial charge is 0.201 e. The first kappa shape index (κ1) is 41.5. The lowest BCUT2D eigenvalue weighted by molar-refractivity contribution is 0.371. The predicted molar refractivity (Wildman–Crippen MR) is 214 cm³/mol. The molecule has 0 atom stereocenters. The van der Waals surface area contributed by atoms with Crippen molar-refractivity contribution in [3.8, 4) is 35.2 Å². The molecule has 4 aromatic rings. The first-order chi connectivity index (χ1) is 26.7. The monoisotopic (exact) mass is 750 g/mol. The van der Waals surface area contributed by atoms with Crippen LogP contribution in [0.25, 0.3) is 0 Å². The molecule has 0 aromatic heterocycles. The van der Waals surface area contributed by atoms with Crippen molar-refractivity contribution >= 4 is 0 Å². The van der Waals surface area contributed by atoms with Gasteiger partial charge in [0.05, 0.1) is 25.3 Å². The molecule has 0 bridgehead atoms. The summed E-state index contributed by atoms with van der Waals surface area (Å²) < 4.78 is 65.2. The molecular weight excluding hydrogens is 697 g/mol. The van der Waals surface area contributed by atoms with E-state index in [1.54, 1.807) is 0 Å². The highest BCUT2D eigenvalue weighted by atomic mass is 19.2. The maximum atomic E-state index is 14.0. The Balaban J connectivity index is 0.000000211. The number of hydrogen-bond donors (Lipinski definition) is 0. The van der Waals surface area contributed by atoms with Gasteiger partial charge in [-0.3, -0.25) is 0 Å². The Morgan fingerprint density at radius 2 is 0.891 bits per heavy atom. The maximum absolute atomic E-state index is 14.0. The van der Waals surface area contributed by atoms with Crippen LogP contribution in [-0.4, -0.2) is 14.2 Å². The third-order valence-corrected chi connectivity index (χ3v) is 11.1. The Morgan fingerprint density at radius 1 is 0.491 bits per heavy atom. The van der Waals surface area contributed by atoms with Gasteiger partial charge in [-0.2, -0.15) is 8.78 Å². The van der Waals surface area contributed by atoms with Gasteiger partial charge in [0.2, 0.25) is 11.6 Å². The van der Waals surface area contributed by atoms with Gasteiger partial charge < -0.3 is 9.47 Å². The summed E-state index contributed by atoms with van der Waals surface area (Å²) >= 11 is 0. The molecule has 4 aromatic carbocycles. The van der Waals surface area contributed by atoms with Crippen molar-refractivity contribution in [2.24, 2.45) is 11.8 Å². The van der Waals surface area contributed by atoms with E-state index in [2.05, 4.69) is 86.1 Å². The standard InChI is InChI=1S/C25H28F2O.C24H26F2O/c1-3-4-5-18-6-11-20(12-7-18)21-13-8-19(9-14-21)10-15-22-16-17-23(28-2)25(27)24(22)26;1-3-4-17-5-10-19(11-6-17)20-12-7-18(8-13-20)9-14-21-15-16-22(27-2)24(26)23(21)25/h6-7,11-12,16-17,19,21H,3-5,8-9,13-14H2,1-2H3;5-6,10-11,15-16,18,20H,3-4,7-8,12-13H2,1-2H3. The molecule has 0 aliphatic heterocycles. The summed E-state index contributed by atoms with van der Waals surface area (Å²) in [5, 5.41) is 0. The molecule has 2 nitrogen and oxygen atoms in total. The van der Waals surface area contributed by atoms with Crippen LogP contribution in [0.15, 0.2) is 72.8 Å². The molecule has 2 saturated carbocycles. The topological polar surface area (TPSA) is 18.5 Å². The highest BCUT2D eigenvalue weighted by molar-refractivity contribution is 5.42. The second-order valence-corrected chi connectivity index (χ2v) is 14.9. The second kappa shape index (κ2) is 20.8. The van der Waals surface area contributed by atoms with Gasteiger partial charge >= 0.3 is 0 Å². The van der Waals surface area contributed by atoms with E-state index in [1.807, 2.05) is 0 Å². The average molecular weight is 751 g/mol. The van der Waals surface area contributed by atoms with E-state index in [-0.39, 0.29) is 34.5 Å². The first-order valence-electron chi connectivity index (χ1n) is 20.0. The van der Waals surface area contributed by atoms with Crippen molar-refractivity contribution in [3.63, 3.8) is 0 Å². The third-order valence-electron chi connectivity index (χ3n) is 11.1. The highest BCUT2D eigenvalue weighted by Gasteiger charge is 2.23. The Labute approximate surface area is 326 Å². The number of rotatable bonds is 9. The van der Waals surface area contributed by atoms with Crippen LogP contribution >= 0.6 is 0 Å². The molecule has 290 valence electrons. The average Bonchev–Trinajstić information content (AvgIpc) is 3.22. The summed E-state index contributed by atoms with van der Waals surface area (Å²) in [5.41, 5.74) is 5.83. The lowest BCUT2D eigenvalue weighted by Gasteiger charge is -2.26. The Morgan fingerprint density at radius 3 is 1.25 bits per heavy atom. The van der Waals surface area contributed by atoms with Crippen LogP contribution in [0, 0.1) is 58.8 Å². The Hall–Kier alpha value is -4.68. The predicted octanol–water partition coefficient (Wildman–Crippen LogP) is 12.9. The third kappa shape index (κ3) is 11.4. The molecular formula is C49H54F4O2. The van der Waals surface area contributed by atoms with Crippen LogP contribution < -0.4 is 9.47 Å². The van der Waals surface area contributed by atoms with Gasteiger partial charge in [0.15, 0.2) is 23.1 Å². The van der Waals surface area contributed by atoms with Gasteiger partial charge in [0.1, 0.15) is 0 Å². The summed E-state index contributed by atoms with van der Waals surface area (Å²) in [7, 11) is 2.64. The molecule has 0 heterocycles. The SMILES string of the molecule is CCCCc1ccc(C2CCC(C#Cc3ccc(OC)c(F)c3F)CC2)cc1.CCCc1ccc(C2CCC(C#Cc3ccc(OC)c(F)c3F)CC2)cc1. The van der Waals surface area contributed by atoms with E-state index in [1.165, 1.54) is 80.0 Å². The number of ether oxygens (including phenoxy) is 2. The van der Waals surface area contributed by atoms with Gasteiger partial charge in [-0.05, 0) is 129 Å². The summed E-state index contributed by atoms with van der Waals surface area (Å²) in [5.74, 6) is 9.61. The molecule has 6 rings (SSSR count). The molecule has 55 heavy (non-hydrogen) atoms. The minimum Gasteiger partial charge on any atom is -0.494 e. The van der Waals surface area contributed by atoms with Crippen LogP contribution in [0.2, 0.25) is 0 Å². The van der Waals surface area contributed by atoms with Crippen molar-refractivity contribution in [2.75, 3.05) is 14.2 Å². The zero-order valence-electron chi connectivity index (χ0n) is 32.8. The van der Waals surface area contributed by atoms with Crippen molar-refractivity contribution in [1.29, 1.82) is 0 Å². The summed E-state index contributed by atoms with van der Waals surface area (Å²) in [6, 6.07) is 23.9. The van der Waals surface area contributed by atoms with Gasteiger partial charge in [-0.25, -0.2) is 8.78 Å². The molecule has 0 radical (unpaired) electrons. The lowest BCUT2D eigenvalue weighted by Crippen LogP contribution is -2.12. The summed E-state index contributed by atoms with van der Waals surface area (Å²) in [4.78, 5) is 0. The molecule has 0 saturated heterocycles. The van der Waals surface area contributed by atoms with Crippen LogP contribution in [0.4, 0.5) is 17.6 Å². The Bertz CT molecular complexity index is 1950. The fraction of sp³-hybridized carbons (Fsp3) is 0.429. The summed E-state index contributed by atoms with van der Waals surface area (Å²) in [6.07, 6.45) is 14.3. The maximum Gasteiger partial charge on any atom is 0.201 e. The van der Waals surface area contributed by atoms with E-state index in [0.29, 0.717) is 11.8 Å². The van der Waals surface area contributed by atoms with Gasteiger partial charge in [0, 0.05) is 11.8 Å². The number of aryl methyl sites for hydroxylation is 2. The number of hydrogen-bond acceptors (Lipinski definition) is 2. The minimum absolute atomic E-state index is 0.0933. The van der Waals surface area contributed by atoms with Crippen molar-refractivity contribution in [3.05, 3.63) is 129 Å². The first-order valence-corrected chi connectivity index (χ1v) is 20.0. The molecule has 2 fully saturated rings. The second-order valence-electron chi connectivity index (χ2n) is 14.9. The Kier molecular flexibility index (Phi) is 15.7. The molecule has 2 aliphatic carbocycles. The molecule has 6 heteroatoms. The highest BCUT2D eigenvalue weighted by Crippen LogP contribution is 2.37. The van der Waals surface area contributed by atoms with Crippen LogP contribution in [0.1, 0.15) is 130 Å². The van der Waals surface area contributed by atoms with E-state index in [4.69, 9.17) is 9.47 Å². The van der Waals surface area contributed by atoms with Gasteiger partial charge in [-0.15, -0.1) is 0 Å². The summed E-state index contributed by atoms with van der Waals surface area (Å²) in [6.45, 7) is 4.41. The fourth-order valence-corrected chi connectivity index (χ4v) is 7.66. The lowest BCUT2D eigenvalue weighted by atomic mass is 9.78. The molecule has 0 N–H and O–H groups in total. The van der Waals surface area contributed by atoms with E-state index in [9.17, 15) is 17.6 Å². The van der Waals surface area contributed by atoms with Crippen LogP contribution in [0.5, 0.6) is 11.5 Å². The van der Waals surface area contributed by atoms with Gasteiger partial charge in [-0.1, -0.05) is 98.9 Å². The zero-order chi connectivity index (χ0) is 39.2. The number of methoxy groups -OCH3 is 2. The van der Waals surface area contributed by atoms with Crippen molar-refractivity contribution < 1.29 is 27.0 Å². The number of unbranched alkanes of at least 4 members (excludes halogenated alkanes) is 1. The quantitative estimate of drug-likeness (QED) is 0.125. The molecule has 0 spiro atoms. The van der Waals surface area contributed by atoms with Crippen molar-refractivity contribution in [1.82, 2.24) is 0 Å². The largest absolute Gasteiger partial charge is 0.494 e. The normalized spacial score (nSPS) is 19.1. The molecule has 0 amide bonds. The molecule has 2 aliphatic rings.